The Labute approximate surface area is 131 Å². The van der Waals surface area contributed by atoms with Gasteiger partial charge in [-0.2, -0.15) is 5.26 Å². The summed E-state index contributed by atoms with van der Waals surface area (Å²) in [5.74, 6) is -1.08. The van der Waals surface area contributed by atoms with Gasteiger partial charge in [-0.1, -0.05) is 31.4 Å². The highest BCUT2D eigenvalue weighted by molar-refractivity contribution is 7.91. The van der Waals surface area contributed by atoms with Crippen molar-refractivity contribution in [1.82, 2.24) is 5.32 Å². The highest BCUT2D eigenvalue weighted by atomic mass is 32.2. The molecule has 1 saturated carbocycles. The molecule has 1 aliphatic rings. The van der Waals surface area contributed by atoms with Gasteiger partial charge in [-0.3, -0.25) is 4.79 Å². The van der Waals surface area contributed by atoms with E-state index < -0.39 is 21.5 Å². The zero-order valence-electron chi connectivity index (χ0n) is 12.4. The van der Waals surface area contributed by atoms with Crippen molar-refractivity contribution in [2.75, 3.05) is 5.75 Å². The summed E-state index contributed by atoms with van der Waals surface area (Å²) in [6.45, 7) is 0. The number of rotatable bonds is 5. The molecule has 0 bridgehead atoms. The number of hydrogen-bond donors (Lipinski definition) is 1. The van der Waals surface area contributed by atoms with E-state index in [1.54, 1.807) is 24.3 Å². The Morgan fingerprint density at radius 3 is 2.41 bits per heavy atom. The number of sulfone groups is 1. The topological polar surface area (TPSA) is 87.0 Å². The molecule has 1 aromatic rings. The lowest BCUT2D eigenvalue weighted by atomic mass is 9.95. The maximum absolute atomic E-state index is 12.1. The Morgan fingerprint density at radius 1 is 1.18 bits per heavy atom. The van der Waals surface area contributed by atoms with Gasteiger partial charge in [0.2, 0.25) is 5.91 Å². The Bertz CT molecular complexity index is 654. The molecule has 0 unspecified atom stereocenters. The number of benzene rings is 1. The molecule has 0 aromatic heterocycles. The van der Waals surface area contributed by atoms with Crippen LogP contribution in [0.2, 0.25) is 0 Å². The molecule has 1 fully saturated rings. The Morgan fingerprint density at radius 2 is 1.82 bits per heavy atom. The number of nitrogens with one attached hydrogen (secondary N) is 1. The molecule has 1 amide bonds. The minimum Gasteiger partial charge on any atom is -0.352 e. The molecule has 0 heterocycles. The predicted molar refractivity (Wildman–Crippen MR) is 83.7 cm³/mol. The van der Waals surface area contributed by atoms with Gasteiger partial charge in [0.1, 0.15) is 5.75 Å². The van der Waals surface area contributed by atoms with Crippen LogP contribution >= 0.6 is 0 Å². The first-order valence-corrected chi connectivity index (χ1v) is 9.29. The molecule has 2 rings (SSSR count). The second kappa shape index (κ2) is 7.41. The van der Waals surface area contributed by atoms with Gasteiger partial charge in [0.25, 0.3) is 0 Å². The standard InChI is InChI=1S/C16H20N2O3S/c17-10-13-6-8-14(9-7-13)11-22(20,21)12-16(19)18-15-4-2-1-3-5-15/h6-9,15H,1-5,11-12H2,(H,18,19). The zero-order chi connectivity index (χ0) is 16.0. The highest BCUT2D eigenvalue weighted by Gasteiger charge is 2.21. The average molecular weight is 320 g/mol. The Hall–Kier alpha value is -1.87. The first-order chi connectivity index (χ1) is 10.5. The number of nitrogens with zero attached hydrogens (tertiary/aromatic N) is 1. The monoisotopic (exact) mass is 320 g/mol. The van der Waals surface area contributed by atoms with Crippen LogP contribution in [0, 0.1) is 11.3 Å². The van der Waals surface area contributed by atoms with Crippen LogP contribution in [0.5, 0.6) is 0 Å². The maximum atomic E-state index is 12.1. The van der Waals surface area contributed by atoms with E-state index in [-0.39, 0.29) is 11.8 Å². The van der Waals surface area contributed by atoms with E-state index in [0.717, 1.165) is 25.7 Å². The second-order valence-electron chi connectivity index (χ2n) is 5.74. The lowest BCUT2D eigenvalue weighted by Gasteiger charge is -2.22. The smallest absolute Gasteiger partial charge is 0.235 e. The fraction of sp³-hybridized carbons (Fsp3) is 0.500. The van der Waals surface area contributed by atoms with E-state index in [2.05, 4.69) is 5.32 Å². The van der Waals surface area contributed by atoms with Crippen molar-refractivity contribution in [2.45, 2.75) is 43.9 Å². The van der Waals surface area contributed by atoms with Crippen LogP contribution in [0.1, 0.15) is 43.2 Å². The van der Waals surface area contributed by atoms with Gasteiger partial charge in [-0.25, -0.2) is 8.42 Å². The molecule has 0 saturated heterocycles. The van der Waals surface area contributed by atoms with Gasteiger partial charge in [0.15, 0.2) is 9.84 Å². The molecule has 22 heavy (non-hydrogen) atoms. The van der Waals surface area contributed by atoms with Crippen molar-refractivity contribution in [2.24, 2.45) is 0 Å². The second-order valence-corrected chi connectivity index (χ2v) is 7.81. The summed E-state index contributed by atoms with van der Waals surface area (Å²) in [5, 5.41) is 11.5. The number of amides is 1. The summed E-state index contributed by atoms with van der Waals surface area (Å²) >= 11 is 0. The molecule has 1 aliphatic carbocycles. The van der Waals surface area contributed by atoms with Crippen LogP contribution < -0.4 is 5.32 Å². The van der Waals surface area contributed by atoms with Crippen LogP contribution in [0.4, 0.5) is 0 Å². The van der Waals surface area contributed by atoms with E-state index >= 15 is 0 Å². The fourth-order valence-corrected chi connectivity index (χ4v) is 3.98. The zero-order valence-corrected chi connectivity index (χ0v) is 13.2. The van der Waals surface area contributed by atoms with Gasteiger partial charge < -0.3 is 5.32 Å². The van der Waals surface area contributed by atoms with E-state index in [9.17, 15) is 13.2 Å². The molecule has 0 aliphatic heterocycles. The Kier molecular flexibility index (Phi) is 5.56. The third-order valence-corrected chi connectivity index (χ3v) is 5.27. The van der Waals surface area contributed by atoms with Gasteiger partial charge in [0, 0.05) is 6.04 Å². The Balaban J connectivity index is 1.89. The largest absolute Gasteiger partial charge is 0.352 e. The number of carbonyl (C=O) groups excluding carboxylic acids is 1. The minimum absolute atomic E-state index is 0.117. The van der Waals surface area contributed by atoms with Gasteiger partial charge >= 0.3 is 0 Å². The van der Waals surface area contributed by atoms with E-state index in [0.29, 0.717) is 11.1 Å². The molecule has 0 atom stereocenters. The normalized spacial score (nSPS) is 16.0. The highest BCUT2D eigenvalue weighted by Crippen LogP contribution is 2.17. The molecular formula is C16H20N2O3S. The van der Waals surface area contributed by atoms with Crippen molar-refractivity contribution < 1.29 is 13.2 Å². The third-order valence-electron chi connectivity index (χ3n) is 3.79. The minimum atomic E-state index is -3.50. The van der Waals surface area contributed by atoms with Crippen molar-refractivity contribution in [3.05, 3.63) is 35.4 Å². The summed E-state index contributed by atoms with van der Waals surface area (Å²) in [7, 11) is -3.50. The maximum Gasteiger partial charge on any atom is 0.235 e. The quantitative estimate of drug-likeness (QED) is 0.898. The molecule has 0 radical (unpaired) electrons. The molecule has 1 N–H and O–H groups in total. The summed E-state index contributed by atoms with van der Waals surface area (Å²) in [4.78, 5) is 11.9. The first kappa shape index (κ1) is 16.5. The van der Waals surface area contributed by atoms with Crippen molar-refractivity contribution in [3.8, 4) is 6.07 Å². The van der Waals surface area contributed by atoms with Gasteiger partial charge in [-0.15, -0.1) is 0 Å². The van der Waals surface area contributed by atoms with Crippen molar-refractivity contribution in [1.29, 1.82) is 5.26 Å². The summed E-state index contributed by atoms with van der Waals surface area (Å²) in [6.07, 6.45) is 5.22. The van der Waals surface area contributed by atoms with E-state index in [1.807, 2.05) is 6.07 Å². The molecule has 5 nitrogen and oxygen atoms in total. The van der Waals surface area contributed by atoms with Gasteiger partial charge in [-0.05, 0) is 30.5 Å². The molecule has 6 heteroatoms. The number of nitriles is 1. The fourth-order valence-electron chi connectivity index (χ4n) is 2.70. The van der Waals surface area contributed by atoms with Gasteiger partial charge in [0.05, 0.1) is 17.4 Å². The van der Waals surface area contributed by atoms with Crippen LogP contribution in [-0.4, -0.2) is 26.1 Å². The lowest BCUT2D eigenvalue weighted by Crippen LogP contribution is -2.39. The molecule has 118 valence electrons. The van der Waals surface area contributed by atoms with E-state index in [1.165, 1.54) is 6.42 Å². The van der Waals surface area contributed by atoms with Crippen LogP contribution in [0.25, 0.3) is 0 Å². The summed E-state index contributed by atoms with van der Waals surface area (Å²) in [6, 6.07) is 8.46. The van der Waals surface area contributed by atoms with Crippen molar-refractivity contribution >= 4 is 15.7 Å². The summed E-state index contributed by atoms with van der Waals surface area (Å²) in [5.41, 5.74) is 1.07. The van der Waals surface area contributed by atoms with Crippen LogP contribution in [0.15, 0.2) is 24.3 Å². The SMILES string of the molecule is N#Cc1ccc(CS(=O)(=O)CC(=O)NC2CCCCC2)cc1. The number of hydrogen-bond acceptors (Lipinski definition) is 4. The lowest BCUT2D eigenvalue weighted by molar-refractivity contribution is -0.119. The molecule has 0 spiro atoms. The van der Waals surface area contributed by atoms with Crippen molar-refractivity contribution in [3.63, 3.8) is 0 Å². The third kappa shape index (κ3) is 5.15. The van der Waals surface area contributed by atoms with E-state index in [4.69, 9.17) is 5.26 Å². The average Bonchev–Trinajstić information content (AvgIpc) is 2.48. The van der Waals surface area contributed by atoms with Crippen LogP contribution in [0.3, 0.4) is 0 Å². The molecule has 1 aromatic carbocycles. The summed E-state index contributed by atoms with van der Waals surface area (Å²) < 4.78 is 24.2. The number of carbonyl (C=O) groups is 1. The molecular weight excluding hydrogens is 300 g/mol. The predicted octanol–water partition coefficient (Wildman–Crippen LogP) is 1.92. The first-order valence-electron chi connectivity index (χ1n) is 7.47. The van der Waals surface area contributed by atoms with Crippen LogP contribution in [-0.2, 0) is 20.4 Å².